The Bertz CT molecular complexity index is 568. The van der Waals surface area contributed by atoms with Gasteiger partial charge >= 0.3 is 0 Å². The van der Waals surface area contributed by atoms with Crippen LogP contribution in [0.25, 0.3) is 0 Å². The van der Waals surface area contributed by atoms with Gasteiger partial charge in [0.2, 0.25) is 0 Å². The molecule has 0 aromatic heterocycles. The van der Waals surface area contributed by atoms with Gasteiger partial charge in [-0.05, 0) is 43.2 Å². The van der Waals surface area contributed by atoms with Crippen LogP contribution in [0.5, 0.6) is 0 Å². The molecule has 1 aromatic carbocycles. The molecule has 18 heavy (non-hydrogen) atoms. The average molecular weight is 266 g/mol. The Morgan fingerprint density at radius 3 is 2.28 bits per heavy atom. The topological polar surface area (TPSA) is 34.1 Å². The lowest BCUT2D eigenvalue weighted by Crippen LogP contribution is -2.45. The highest BCUT2D eigenvalue weighted by atomic mass is 32.2. The van der Waals surface area contributed by atoms with Crippen LogP contribution in [-0.4, -0.2) is 13.2 Å². The Balaban J connectivity index is 2.81. The van der Waals surface area contributed by atoms with Gasteiger partial charge in [0, 0.05) is 0 Å². The Morgan fingerprint density at radius 1 is 1.11 bits per heavy atom. The molecule has 1 heterocycles. The van der Waals surface area contributed by atoms with Gasteiger partial charge in [-0.3, -0.25) is 0 Å². The average Bonchev–Trinajstić information content (AvgIpc) is 2.30. The van der Waals surface area contributed by atoms with Crippen molar-refractivity contribution in [2.24, 2.45) is 5.41 Å². The molecule has 3 heteroatoms. The van der Waals surface area contributed by atoms with Gasteiger partial charge in [-0.1, -0.05) is 39.0 Å². The molecule has 100 valence electrons. The van der Waals surface area contributed by atoms with Crippen molar-refractivity contribution in [2.75, 3.05) is 0 Å². The van der Waals surface area contributed by atoms with Crippen LogP contribution < -0.4 is 0 Å². The maximum Gasteiger partial charge on any atom is 0.184 e. The molecule has 0 bridgehead atoms. The molecule has 1 aliphatic heterocycles. The first-order chi connectivity index (χ1) is 8.11. The Morgan fingerprint density at radius 2 is 1.67 bits per heavy atom. The summed E-state index contributed by atoms with van der Waals surface area (Å²) in [7, 11) is -3.30. The molecule has 0 N–H and O–H groups in total. The van der Waals surface area contributed by atoms with Crippen LogP contribution in [0.1, 0.15) is 52.5 Å². The number of rotatable bonds is 0. The quantitative estimate of drug-likeness (QED) is 0.716. The monoisotopic (exact) mass is 266 g/mol. The number of benzene rings is 1. The van der Waals surface area contributed by atoms with Crippen molar-refractivity contribution >= 4 is 9.84 Å². The summed E-state index contributed by atoms with van der Waals surface area (Å²) in [6.45, 7) is 9.96. The van der Waals surface area contributed by atoms with Crippen LogP contribution in [0.15, 0.2) is 29.2 Å². The van der Waals surface area contributed by atoms with E-state index in [1.807, 2.05) is 32.0 Å². The second-order valence-corrected chi connectivity index (χ2v) is 9.01. The molecule has 1 atom stereocenters. The summed E-state index contributed by atoms with van der Waals surface area (Å²) >= 11 is 0. The van der Waals surface area contributed by atoms with E-state index >= 15 is 0 Å². The molecule has 1 aliphatic rings. The minimum Gasteiger partial charge on any atom is -0.223 e. The predicted molar refractivity (Wildman–Crippen MR) is 74.5 cm³/mol. The summed E-state index contributed by atoms with van der Waals surface area (Å²) in [5.74, 6) is 0.271. The maximum atomic E-state index is 12.9. The maximum absolute atomic E-state index is 12.9. The van der Waals surface area contributed by atoms with Gasteiger partial charge in [0.25, 0.3) is 0 Å². The van der Waals surface area contributed by atoms with Gasteiger partial charge in [-0.15, -0.1) is 0 Å². The summed E-state index contributed by atoms with van der Waals surface area (Å²) in [6, 6.07) is 7.45. The van der Waals surface area contributed by atoms with Gasteiger partial charge in [0.05, 0.1) is 9.64 Å². The van der Waals surface area contributed by atoms with E-state index in [0.717, 1.165) is 12.0 Å². The van der Waals surface area contributed by atoms with E-state index in [1.54, 1.807) is 6.07 Å². The Labute approximate surface area is 110 Å². The molecule has 0 saturated heterocycles. The number of sulfone groups is 1. The van der Waals surface area contributed by atoms with Gasteiger partial charge < -0.3 is 0 Å². The summed E-state index contributed by atoms with van der Waals surface area (Å²) in [6.07, 6.45) is 0.885. The first kappa shape index (κ1) is 13.6. The first-order valence-corrected chi connectivity index (χ1v) is 7.93. The van der Waals surface area contributed by atoms with E-state index in [1.165, 1.54) is 0 Å². The van der Waals surface area contributed by atoms with E-state index in [9.17, 15) is 8.42 Å². The van der Waals surface area contributed by atoms with Crippen molar-refractivity contribution in [3.63, 3.8) is 0 Å². The third-order valence-corrected chi connectivity index (χ3v) is 7.70. The lowest BCUT2D eigenvalue weighted by Gasteiger charge is -2.40. The molecule has 2 rings (SSSR count). The SMILES string of the molecule is CC1CC(C)(C)C(C)(C)S(=O)(=O)c2ccccc21. The molecule has 1 aromatic rings. The summed E-state index contributed by atoms with van der Waals surface area (Å²) in [4.78, 5) is 0.521. The van der Waals surface area contributed by atoms with Gasteiger partial charge in [-0.25, -0.2) is 8.42 Å². The normalized spacial score (nSPS) is 28.2. The summed E-state index contributed by atoms with van der Waals surface area (Å²) < 4.78 is 25.1. The molecule has 1 unspecified atom stereocenters. The van der Waals surface area contributed by atoms with E-state index in [0.29, 0.717) is 4.90 Å². The van der Waals surface area contributed by atoms with E-state index < -0.39 is 14.6 Å². The minimum atomic E-state index is -3.30. The van der Waals surface area contributed by atoms with Crippen LogP contribution in [0.4, 0.5) is 0 Å². The fourth-order valence-corrected chi connectivity index (χ4v) is 5.09. The Hall–Kier alpha value is -0.830. The second kappa shape index (κ2) is 3.83. The largest absolute Gasteiger partial charge is 0.223 e. The van der Waals surface area contributed by atoms with Crippen molar-refractivity contribution < 1.29 is 8.42 Å². The van der Waals surface area contributed by atoms with Gasteiger partial charge in [0.1, 0.15) is 0 Å². The molecule has 0 saturated carbocycles. The van der Waals surface area contributed by atoms with Crippen LogP contribution >= 0.6 is 0 Å². The fraction of sp³-hybridized carbons (Fsp3) is 0.600. The van der Waals surface area contributed by atoms with Crippen LogP contribution in [-0.2, 0) is 9.84 Å². The van der Waals surface area contributed by atoms with Crippen LogP contribution in [0.2, 0.25) is 0 Å². The third-order valence-electron chi connectivity index (χ3n) is 4.86. The number of hydrogen-bond acceptors (Lipinski definition) is 2. The van der Waals surface area contributed by atoms with E-state index in [-0.39, 0.29) is 11.3 Å². The highest BCUT2D eigenvalue weighted by molar-refractivity contribution is 7.93. The molecule has 0 amide bonds. The van der Waals surface area contributed by atoms with Crippen LogP contribution in [0, 0.1) is 5.41 Å². The van der Waals surface area contributed by atoms with Gasteiger partial charge in [0.15, 0.2) is 9.84 Å². The fourth-order valence-electron chi connectivity index (χ4n) is 2.89. The number of hydrogen-bond donors (Lipinski definition) is 0. The predicted octanol–water partition coefficient (Wildman–Crippen LogP) is 3.77. The lowest BCUT2D eigenvalue weighted by atomic mass is 9.73. The van der Waals surface area contributed by atoms with E-state index in [4.69, 9.17) is 0 Å². The van der Waals surface area contributed by atoms with Crippen molar-refractivity contribution in [3.05, 3.63) is 29.8 Å². The lowest BCUT2D eigenvalue weighted by molar-refractivity contribution is 0.237. The zero-order valence-corrected chi connectivity index (χ0v) is 12.6. The number of fused-ring (bicyclic) bond motifs is 1. The summed E-state index contributed by atoms with van der Waals surface area (Å²) in [5, 5.41) is 0. The highest BCUT2D eigenvalue weighted by Crippen LogP contribution is 2.50. The smallest absolute Gasteiger partial charge is 0.184 e. The van der Waals surface area contributed by atoms with Crippen molar-refractivity contribution in [2.45, 2.75) is 56.6 Å². The first-order valence-electron chi connectivity index (χ1n) is 6.45. The zero-order chi connectivity index (χ0) is 13.8. The molecule has 0 radical (unpaired) electrons. The van der Waals surface area contributed by atoms with E-state index in [2.05, 4.69) is 20.8 Å². The minimum absolute atomic E-state index is 0.246. The zero-order valence-electron chi connectivity index (χ0n) is 11.8. The molecule has 0 spiro atoms. The molecular weight excluding hydrogens is 244 g/mol. The molecular formula is C15H22O2S. The standard InChI is InChI=1S/C15H22O2S/c1-11-10-14(2,3)15(4,5)18(16,17)13-9-7-6-8-12(11)13/h6-9,11H,10H2,1-5H3. The van der Waals surface area contributed by atoms with Gasteiger partial charge in [-0.2, -0.15) is 0 Å². The molecule has 2 nitrogen and oxygen atoms in total. The highest BCUT2D eigenvalue weighted by Gasteiger charge is 2.51. The van der Waals surface area contributed by atoms with Crippen molar-refractivity contribution in [3.8, 4) is 0 Å². The molecule has 0 fully saturated rings. The van der Waals surface area contributed by atoms with Crippen LogP contribution in [0.3, 0.4) is 0 Å². The Kier molecular flexibility index (Phi) is 2.89. The summed E-state index contributed by atoms with van der Waals surface area (Å²) in [5.41, 5.74) is 0.723. The second-order valence-electron chi connectivity index (χ2n) is 6.54. The third kappa shape index (κ3) is 1.63. The van der Waals surface area contributed by atoms with Crippen molar-refractivity contribution in [1.29, 1.82) is 0 Å². The molecule has 0 aliphatic carbocycles. The van der Waals surface area contributed by atoms with Crippen molar-refractivity contribution in [1.82, 2.24) is 0 Å².